The predicted octanol–water partition coefficient (Wildman–Crippen LogP) is 1.53. The Morgan fingerprint density at radius 2 is 2.29 bits per heavy atom. The van der Waals surface area contributed by atoms with Crippen molar-refractivity contribution in [3.05, 3.63) is 12.2 Å². The molecule has 0 aliphatic heterocycles. The highest BCUT2D eigenvalue weighted by Crippen LogP contribution is 2.13. The average molecular weight is 217 g/mol. The van der Waals surface area contributed by atoms with Crippen LogP contribution >= 0.6 is 11.6 Å². The molecule has 0 amide bonds. The number of halogens is 1. The first-order chi connectivity index (χ1) is 6.65. The molecule has 5 heteroatoms. The van der Waals surface area contributed by atoms with Gasteiger partial charge in [-0.3, -0.25) is 0 Å². The Kier molecular flexibility index (Phi) is 4.35. The Bertz CT molecular complexity index is 272. The molecular formula is C9H17ClN4. The molecule has 14 heavy (non-hydrogen) atoms. The lowest BCUT2D eigenvalue weighted by molar-refractivity contribution is 0.355. The molecule has 1 atom stereocenters. The number of aromatic nitrogens is 3. The maximum absolute atomic E-state index is 5.75. The first-order valence-corrected chi connectivity index (χ1v) is 5.27. The monoisotopic (exact) mass is 216 g/mol. The van der Waals surface area contributed by atoms with Crippen LogP contribution < -0.4 is 0 Å². The van der Waals surface area contributed by atoms with Gasteiger partial charge in [0.2, 0.25) is 0 Å². The molecule has 0 fully saturated rings. The SMILES string of the molecule is CC(CCN(C)C)n1cnnc1CCl. The van der Waals surface area contributed by atoms with Gasteiger partial charge in [0.25, 0.3) is 0 Å². The molecular weight excluding hydrogens is 200 g/mol. The number of rotatable bonds is 5. The van der Waals surface area contributed by atoms with E-state index < -0.39 is 0 Å². The fourth-order valence-electron chi connectivity index (χ4n) is 1.31. The molecule has 0 saturated carbocycles. The maximum atomic E-state index is 5.75. The number of alkyl halides is 1. The number of hydrogen-bond donors (Lipinski definition) is 0. The van der Waals surface area contributed by atoms with Crippen LogP contribution in [0.5, 0.6) is 0 Å². The van der Waals surface area contributed by atoms with Gasteiger partial charge in [-0.1, -0.05) is 0 Å². The fraction of sp³-hybridized carbons (Fsp3) is 0.778. The van der Waals surface area contributed by atoms with E-state index in [0.717, 1.165) is 18.8 Å². The third-order valence-electron chi connectivity index (χ3n) is 2.24. The first-order valence-electron chi connectivity index (χ1n) is 4.74. The van der Waals surface area contributed by atoms with Crippen molar-refractivity contribution >= 4 is 11.6 Å². The molecule has 0 N–H and O–H groups in total. The van der Waals surface area contributed by atoms with Gasteiger partial charge >= 0.3 is 0 Å². The van der Waals surface area contributed by atoms with Crippen molar-refractivity contribution in [1.82, 2.24) is 19.7 Å². The lowest BCUT2D eigenvalue weighted by Crippen LogP contribution is -2.18. The highest BCUT2D eigenvalue weighted by Gasteiger charge is 2.09. The molecule has 0 saturated heterocycles. The van der Waals surface area contributed by atoms with Gasteiger partial charge in [0.05, 0.1) is 5.88 Å². The van der Waals surface area contributed by atoms with Gasteiger partial charge in [0.15, 0.2) is 0 Å². The lowest BCUT2D eigenvalue weighted by atomic mass is 10.2. The molecule has 1 rings (SSSR count). The quantitative estimate of drug-likeness (QED) is 0.701. The van der Waals surface area contributed by atoms with Crippen LogP contribution in [-0.4, -0.2) is 40.3 Å². The van der Waals surface area contributed by atoms with Crippen LogP contribution in [0, 0.1) is 0 Å². The van der Waals surface area contributed by atoms with E-state index in [4.69, 9.17) is 11.6 Å². The summed E-state index contributed by atoms with van der Waals surface area (Å²) in [6.45, 7) is 3.21. The summed E-state index contributed by atoms with van der Waals surface area (Å²) in [5.41, 5.74) is 0. The van der Waals surface area contributed by atoms with E-state index in [9.17, 15) is 0 Å². The van der Waals surface area contributed by atoms with Crippen molar-refractivity contribution in [3.63, 3.8) is 0 Å². The van der Waals surface area contributed by atoms with Crippen LogP contribution in [0.25, 0.3) is 0 Å². The summed E-state index contributed by atoms with van der Waals surface area (Å²) in [7, 11) is 4.14. The maximum Gasteiger partial charge on any atom is 0.148 e. The van der Waals surface area contributed by atoms with E-state index in [0.29, 0.717) is 11.9 Å². The van der Waals surface area contributed by atoms with Crippen molar-refractivity contribution in [3.8, 4) is 0 Å². The highest BCUT2D eigenvalue weighted by molar-refractivity contribution is 6.16. The molecule has 0 bridgehead atoms. The predicted molar refractivity (Wildman–Crippen MR) is 57.5 cm³/mol. The van der Waals surface area contributed by atoms with E-state index in [1.807, 2.05) is 4.57 Å². The van der Waals surface area contributed by atoms with E-state index in [1.165, 1.54) is 0 Å². The van der Waals surface area contributed by atoms with Gasteiger partial charge in [-0.15, -0.1) is 21.8 Å². The van der Waals surface area contributed by atoms with E-state index >= 15 is 0 Å². The molecule has 0 aliphatic rings. The Hall–Kier alpha value is -0.610. The average Bonchev–Trinajstić information content (AvgIpc) is 2.61. The molecule has 1 heterocycles. The molecule has 0 aliphatic carbocycles. The Labute approximate surface area is 89.9 Å². The summed E-state index contributed by atoms with van der Waals surface area (Å²) in [5.74, 6) is 1.27. The van der Waals surface area contributed by atoms with E-state index in [2.05, 4.69) is 36.1 Å². The molecule has 1 aromatic heterocycles. The smallest absolute Gasteiger partial charge is 0.148 e. The summed E-state index contributed by atoms with van der Waals surface area (Å²) >= 11 is 5.75. The molecule has 1 unspecified atom stereocenters. The van der Waals surface area contributed by atoms with Crippen LogP contribution in [-0.2, 0) is 5.88 Å². The number of nitrogens with zero attached hydrogens (tertiary/aromatic N) is 4. The van der Waals surface area contributed by atoms with Gasteiger partial charge in [-0.05, 0) is 34.0 Å². The van der Waals surface area contributed by atoms with Gasteiger partial charge < -0.3 is 9.47 Å². The van der Waals surface area contributed by atoms with Crippen LogP contribution in [0.15, 0.2) is 6.33 Å². The van der Waals surface area contributed by atoms with E-state index in [-0.39, 0.29) is 0 Å². The zero-order valence-corrected chi connectivity index (χ0v) is 9.70. The van der Waals surface area contributed by atoms with Gasteiger partial charge in [-0.2, -0.15) is 0 Å². The third kappa shape index (κ3) is 2.96. The van der Waals surface area contributed by atoms with Crippen molar-refractivity contribution in [2.45, 2.75) is 25.3 Å². The normalized spacial score (nSPS) is 13.5. The van der Waals surface area contributed by atoms with Gasteiger partial charge in [-0.25, -0.2) is 0 Å². The molecule has 1 aromatic rings. The van der Waals surface area contributed by atoms with Gasteiger partial charge in [0, 0.05) is 6.04 Å². The minimum Gasteiger partial charge on any atom is -0.314 e. The first kappa shape index (κ1) is 11.5. The zero-order valence-electron chi connectivity index (χ0n) is 8.94. The zero-order chi connectivity index (χ0) is 10.6. The van der Waals surface area contributed by atoms with E-state index in [1.54, 1.807) is 6.33 Å². The van der Waals surface area contributed by atoms with Crippen molar-refractivity contribution in [2.24, 2.45) is 0 Å². The van der Waals surface area contributed by atoms with Crippen LogP contribution in [0.2, 0.25) is 0 Å². The summed E-state index contributed by atoms with van der Waals surface area (Å²) in [6, 6.07) is 0.404. The van der Waals surface area contributed by atoms with Crippen molar-refractivity contribution < 1.29 is 0 Å². The second-order valence-corrected chi connectivity index (χ2v) is 4.00. The highest BCUT2D eigenvalue weighted by atomic mass is 35.5. The minimum absolute atomic E-state index is 0.404. The molecule has 0 aromatic carbocycles. The Morgan fingerprint density at radius 1 is 1.57 bits per heavy atom. The Balaban J connectivity index is 2.55. The minimum atomic E-state index is 0.404. The second kappa shape index (κ2) is 5.32. The topological polar surface area (TPSA) is 34.0 Å². The number of hydrogen-bond acceptors (Lipinski definition) is 3. The fourth-order valence-corrected chi connectivity index (χ4v) is 1.51. The van der Waals surface area contributed by atoms with Crippen molar-refractivity contribution in [1.29, 1.82) is 0 Å². The Morgan fingerprint density at radius 3 is 2.86 bits per heavy atom. The standard InChI is InChI=1S/C9H17ClN4/c1-8(4-5-13(2)3)14-7-11-12-9(14)6-10/h7-8H,4-6H2,1-3H3. The van der Waals surface area contributed by atoms with Crippen LogP contribution in [0.1, 0.15) is 25.2 Å². The third-order valence-corrected chi connectivity index (χ3v) is 2.47. The second-order valence-electron chi connectivity index (χ2n) is 3.73. The molecule has 80 valence electrons. The molecule has 0 radical (unpaired) electrons. The summed E-state index contributed by atoms with van der Waals surface area (Å²) < 4.78 is 2.04. The molecule has 4 nitrogen and oxygen atoms in total. The lowest BCUT2D eigenvalue weighted by Gasteiger charge is -2.17. The largest absolute Gasteiger partial charge is 0.314 e. The van der Waals surface area contributed by atoms with Crippen LogP contribution in [0.3, 0.4) is 0 Å². The van der Waals surface area contributed by atoms with Crippen molar-refractivity contribution in [2.75, 3.05) is 20.6 Å². The van der Waals surface area contributed by atoms with Gasteiger partial charge in [0.1, 0.15) is 12.2 Å². The summed E-state index contributed by atoms with van der Waals surface area (Å²) in [5, 5.41) is 7.81. The molecule has 0 spiro atoms. The van der Waals surface area contributed by atoms with Crippen LogP contribution in [0.4, 0.5) is 0 Å². The summed E-state index contributed by atoms with van der Waals surface area (Å²) in [6.07, 6.45) is 2.83. The summed E-state index contributed by atoms with van der Waals surface area (Å²) in [4.78, 5) is 2.17.